The Morgan fingerprint density at radius 3 is 2.71 bits per heavy atom. The molecule has 1 aliphatic rings. The number of nitrogens with zero attached hydrogens (tertiary/aromatic N) is 2. The highest BCUT2D eigenvalue weighted by molar-refractivity contribution is 6.02. The maximum absolute atomic E-state index is 11.8. The lowest BCUT2D eigenvalue weighted by Gasteiger charge is -2.16. The van der Waals surface area contributed by atoms with E-state index in [4.69, 9.17) is 10.5 Å². The summed E-state index contributed by atoms with van der Waals surface area (Å²) in [6.45, 7) is 1.08. The molecule has 1 aromatic rings. The summed E-state index contributed by atoms with van der Waals surface area (Å²) in [5, 5.41) is 2.74. The molecule has 0 aromatic heterocycles. The van der Waals surface area contributed by atoms with E-state index in [-0.39, 0.29) is 12.0 Å². The number of nitrogens with two attached hydrogens (primary N) is 1. The van der Waals surface area contributed by atoms with Crippen LogP contribution in [0.2, 0.25) is 0 Å². The molecule has 0 unspecified atom stereocenters. The number of carbonyl (C=O) groups excluding carboxylic acids is 1. The number of rotatable bonds is 2. The number of hydrogen-bond donors (Lipinski definition) is 2. The fraction of sp³-hybridized carbons (Fsp3) is 0.273. The highest BCUT2D eigenvalue weighted by Gasteiger charge is 2.20. The van der Waals surface area contributed by atoms with Crippen molar-refractivity contribution in [1.29, 1.82) is 0 Å². The van der Waals surface area contributed by atoms with E-state index in [1.807, 2.05) is 0 Å². The van der Waals surface area contributed by atoms with Gasteiger partial charge < -0.3 is 15.8 Å². The number of methoxy groups -OCH3 is 1. The number of benzene rings is 1. The highest BCUT2D eigenvalue weighted by atomic mass is 16.5. The van der Waals surface area contributed by atoms with Crippen LogP contribution in [0.5, 0.6) is 5.75 Å². The standard InChI is InChI=1S/C11H14N4O2/c1-17-9-4-2-8(3-5-9)14-11(16)15-7-6-13-10(15)12/h2-5H,6-7H2,1H3,(H2,12,13)(H,14,16). The van der Waals surface area contributed by atoms with Gasteiger partial charge in [0.15, 0.2) is 5.96 Å². The quantitative estimate of drug-likeness (QED) is 0.796. The number of amides is 2. The molecule has 0 saturated carbocycles. The van der Waals surface area contributed by atoms with Crippen molar-refractivity contribution in [2.45, 2.75) is 0 Å². The van der Waals surface area contributed by atoms with Gasteiger partial charge in [0.1, 0.15) is 5.75 Å². The summed E-state index contributed by atoms with van der Waals surface area (Å²) in [5.41, 5.74) is 6.26. The third-order valence-corrected chi connectivity index (χ3v) is 2.46. The van der Waals surface area contributed by atoms with Crippen LogP contribution in [0.4, 0.5) is 10.5 Å². The first kappa shape index (κ1) is 11.3. The molecule has 0 bridgehead atoms. The van der Waals surface area contributed by atoms with Crippen molar-refractivity contribution in [2.24, 2.45) is 10.7 Å². The molecule has 0 radical (unpaired) electrons. The maximum atomic E-state index is 11.8. The Hall–Kier alpha value is -2.24. The summed E-state index contributed by atoms with van der Waals surface area (Å²) >= 11 is 0. The summed E-state index contributed by atoms with van der Waals surface area (Å²) in [6, 6.07) is 6.81. The molecule has 0 fully saturated rings. The molecule has 1 aromatic carbocycles. The molecule has 2 rings (SSSR count). The third-order valence-electron chi connectivity index (χ3n) is 2.46. The Balaban J connectivity index is 2.00. The predicted molar refractivity (Wildman–Crippen MR) is 65.2 cm³/mol. The molecule has 2 amide bonds. The zero-order valence-corrected chi connectivity index (χ0v) is 9.51. The van der Waals surface area contributed by atoms with Crippen LogP contribution in [0, 0.1) is 0 Å². The van der Waals surface area contributed by atoms with Gasteiger partial charge in [-0.2, -0.15) is 0 Å². The van der Waals surface area contributed by atoms with Crippen molar-refractivity contribution in [2.75, 3.05) is 25.5 Å². The zero-order valence-electron chi connectivity index (χ0n) is 9.51. The molecule has 90 valence electrons. The van der Waals surface area contributed by atoms with Crippen molar-refractivity contribution >= 4 is 17.7 Å². The van der Waals surface area contributed by atoms with Gasteiger partial charge in [-0.25, -0.2) is 4.79 Å². The molecule has 3 N–H and O–H groups in total. The van der Waals surface area contributed by atoms with Crippen LogP contribution in [0.3, 0.4) is 0 Å². The minimum absolute atomic E-state index is 0.260. The third kappa shape index (κ3) is 2.47. The molecule has 0 spiro atoms. The van der Waals surface area contributed by atoms with E-state index in [0.29, 0.717) is 18.8 Å². The average molecular weight is 234 g/mol. The molecule has 0 atom stereocenters. The molecule has 0 saturated heterocycles. The molecule has 17 heavy (non-hydrogen) atoms. The van der Waals surface area contributed by atoms with E-state index in [9.17, 15) is 4.79 Å². The monoisotopic (exact) mass is 234 g/mol. The van der Waals surface area contributed by atoms with Crippen LogP contribution in [-0.4, -0.2) is 37.1 Å². The first-order valence-corrected chi connectivity index (χ1v) is 5.23. The normalized spacial score (nSPS) is 14.4. The van der Waals surface area contributed by atoms with Crippen LogP contribution < -0.4 is 15.8 Å². The van der Waals surface area contributed by atoms with Crippen molar-refractivity contribution in [3.05, 3.63) is 24.3 Å². The number of hydrogen-bond acceptors (Lipinski definition) is 4. The van der Waals surface area contributed by atoms with Gasteiger partial charge in [0.25, 0.3) is 0 Å². The number of nitrogens with one attached hydrogen (secondary N) is 1. The maximum Gasteiger partial charge on any atom is 0.328 e. The molecule has 6 heteroatoms. The lowest BCUT2D eigenvalue weighted by Crippen LogP contribution is -2.41. The van der Waals surface area contributed by atoms with Gasteiger partial charge in [0.05, 0.1) is 20.2 Å². The number of urea groups is 1. The van der Waals surface area contributed by atoms with E-state index < -0.39 is 0 Å². The van der Waals surface area contributed by atoms with Gasteiger partial charge in [-0.3, -0.25) is 9.89 Å². The SMILES string of the molecule is COc1ccc(NC(=O)N2CCN=C2N)cc1. The summed E-state index contributed by atoms with van der Waals surface area (Å²) < 4.78 is 5.03. The average Bonchev–Trinajstić information content (AvgIpc) is 2.76. The van der Waals surface area contributed by atoms with Gasteiger partial charge in [-0.15, -0.1) is 0 Å². The largest absolute Gasteiger partial charge is 0.497 e. The Morgan fingerprint density at radius 2 is 2.18 bits per heavy atom. The second kappa shape index (κ2) is 4.73. The molecular formula is C11H14N4O2. The van der Waals surface area contributed by atoms with Gasteiger partial charge in [-0.1, -0.05) is 0 Å². The summed E-state index contributed by atoms with van der Waals surface area (Å²) in [5.74, 6) is 1.00. The minimum Gasteiger partial charge on any atom is -0.497 e. The summed E-state index contributed by atoms with van der Waals surface area (Å²) in [6.07, 6.45) is 0. The lowest BCUT2D eigenvalue weighted by molar-refractivity contribution is 0.236. The molecular weight excluding hydrogens is 220 g/mol. The number of aliphatic imine (C=N–C) groups is 1. The van der Waals surface area contributed by atoms with Gasteiger partial charge in [-0.05, 0) is 24.3 Å². The van der Waals surface area contributed by atoms with Crippen molar-refractivity contribution in [3.8, 4) is 5.75 Å². The van der Waals surface area contributed by atoms with Crippen molar-refractivity contribution in [1.82, 2.24) is 4.90 Å². The van der Waals surface area contributed by atoms with Crippen LogP contribution in [0.15, 0.2) is 29.3 Å². The van der Waals surface area contributed by atoms with E-state index in [0.717, 1.165) is 5.75 Å². The second-order valence-corrected chi connectivity index (χ2v) is 3.55. The van der Waals surface area contributed by atoms with Crippen molar-refractivity contribution in [3.63, 3.8) is 0 Å². The Labute approximate surface area is 99.1 Å². The van der Waals surface area contributed by atoms with E-state index >= 15 is 0 Å². The van der Waals surface area contributed by atoms with E-state index in [2.05, 4.69) is 10.3 Å². The zero-order chi connectivity index (χ0) is 12.3. The van der Waals surface area contributed by atoms with Crippen LogP contribution in [0.1, 0.15) is 0 Å². The van der Waals surface area contributed by atoms with E-state index in [1.165, 1.54) is 4.90 Å². The second-order valence-electron chi connectivity index (χ2n) is 3.55. The fourth-order valence-electron chi connectivity index (χ4n) is 1.54. The Kier molecular flexibility index (Phi) is 3.13. The summed E-state index contributed by atoms with van der Waals surface area (Å²) in [4.78, 5) is 17.2. The van der Waals surface area contributed by atoms with Gasteiger partial charge >= 0.3 is 6.03 Å². The van der Waals surface area contributed by atoms with E-state index in [1.54, 1.807) is 31.4 Å². The first-order chi connectivity index (χ1) is 8.20. The molecule has 6 nitrogen and oxygen atoms in total. The van der Waals surface area contributed by atoms with Crippen LogP contribution in [-0.2, 0) is 0 Å². The molecule has 1 heterocycles. The molecule has 1 aliphatic heterocycles. The highest BCUT2D eigenvalue weighted by Crippen LogP contribution is 2.15. The topological polar surface area (TPSA) is 80.0 Å². The van der Waals surface area contributed by atoms with Crippen molar-refractivity contribution < 1.29 is 9.53 Å². The molecule has 0 aliphatic carbocycles. The number of anilines is 1. The van der Waals surface area contributed by atoms with Crippen LogP contribution in [0.25, 0.3) is 0 Å². The number of ether oxygens (including phenoxy) is 1. The summed E-state index contributed by atoms with van der Waals surface area (Å²) in [7, 11) is 1.59. The Bertz CT molecular complexity index is 441. The Morgan fingerprint density at radius 1 is 1.47 bits per heavy atom. The first-order valence-electron chi connectivity index (χ1n) is 5.23. The van der Waals surface area contributed by atoms with Crippen LogP contribution >= 0.6 is 0 Å². The van der Waals surface area contributed by atoms with Gasteiger partial charge in [0, 0.05) is 5.69 Å². The number of guanidine groups is 1. The fourth-order valence-corrected chi connectivity index (χ4v) is 1.54. The number of carbonyl (C=O) groups is 1. The minimum atomic E-state index is -0.270. The predicted octanol–water partition coefficient (Wildman–Crippen LogP) is 0.857. The lowest BCUT2D eigenvalue weighted by atomic mass is 10.3. The smallest absolute Gasteiger partial charge is 0.328 e. The van der Waals surface area contributed by atoms with Gasteiger partial charge in [0.2, 0.25) is 0 Å².